The Morgan fingerprint density at radius 2 is 2.10 bits per heavy atom. The third-order valence-electron chi connectivity index (χ3n) is 1.22. The summed E-state index contributed by atoms with van der Waals surface area (Å²) in [6.45, 7) is 7.41. The van der Waals surface area contributed by atoms with Gasteiger partial charge in [-0.05, 0) is 5.41 Å². The molecule has 0 aromatic rings. The van der Waals surface area contributed by atoms with Gasteiger partial charge in [-0.1, -0.05) is 32.6 Å². The number of hydrogen-bond acceptors (Lipinski definition) is 1. The van der Waals surface area contributed by atoms with Gasteiger partial charge in [0.15, 0.2) is 0 Å². The molecule has 0 saturated carbocycles. The van der Waals surface area contributed by atoms with Crippen molar-refractivity contribution in [1.82, 2.24) is 0 Å². The predicted molar refractivity (Wildman–Crippen MR) is 41.6 cm³/mol. The largest absolute Gasteiger partial charge is 0.359 e. The zero-order chi connectivity index (χ0) is 7.61. The van der Waals surface area contributed by atoms with Crippen LogP contribution >= 0.6 is 0 Å². The lowest BCUT2D eigenvalue weighted by molar-refractivity contribution is 0.426. The van der Waals surface area contributed by atoms with Crippen LogP contribution in [0.3, 0.4) is 0 Å². The summed E-state index contributed by atoms with van der Waals surface area (Å²) in [6.07, 6.45) is 1.23. The van der Waals surface area contributed by atoms with Gasteiger partial charge in [-0.3, -0.25) is 0 Å². The van der Waals surface area contributed by atoms with Crippen LogP contribution in [0.2, 0.25) is 0 Å². The summed E-state index contributed by atoms with van der Waals surface area (Å²) >= 11 is 0. The number of hydrogen-bond donors (Lipinski definition) is 0. The van der Waals surface area contributed by atoms with Crippen molar-refractivity contribution in [2.24, 2.45) is 5.41 Å². The van der Waals surface area contributed by atoms with Crippen LogP contribution in [-0.4, -0.2) is 12.7 Å². The van der Waals surface area contributed by atoms with Crippen molar-refractivity contribution >= 4 is 0 Å². The first kappa shape index (κ1) is 7.63. The molecule has 1 heterocycles. The lowest BCUT2D eigenvalue weighted by atomic mass is 9.93. The zero-order valence-electron chi connectivity index (χ0n) is 6.90. The van der Waals surface area contributed by atoms with Gasteiger partial charge in [0.2, 0.25) is 0 Å². The van der Waals surface area contributed by atoms with Gasteiger partial charge in [-0.15, -0.1) is 0 Å². The minimum absolute atomic E-state index is 0.266. The summed E-state index contributed by atoms with van der Waals surface area (Å²) < 4.78 is 4.95. The first-order valence-electron chi connectivity index (χ1n) is 3.68. The first-order valence-corrected chi connectivity index (χ1v) is 3.68. The van der Waals surface area contributed by atoms with Gasteiger partial charge in [0.1, 0.15) is 6.10 Å². The van der Waals surface area contributed by atoms with E-state index >= 15 is 0 Å². The fourth-order valence-electron chi connectivity index (χ4n) is 0.561. The van der Waals surface area contributed by atoms with E-state index in [1.165, 1.54) is 0 Å². The molecule has 1 fully saturated rings. The Bertz CT molecular complexity index is 161. The van der Waals surface area contributed by atoms with Crippen LogP contribution in [0.4, 0.5) is 0 Å². The van der Waals surface area contributed by atoms with Crippen molar-refractivity contribution < 1.29 is 4.74 Å². The Morgan fingerprint density at radius 1 is 1.50 bits per heavy atom. The maximum atomic E-state index is 4.95. The maximum Gasteiger partial charge on any atom is 0.141 e. The zero-order valence-corrected chi connectivity index (χ0v) is 6.90. The number of epoxide rings is 1. The van der Waals surface area contributed by atoms with Crippen LogP contribution < -0.4 is 0 Å². The van der Waals surface area contributed by atoms with Crippen LogP contribution in [0.1, 0.15) is 27.2 Å². The Hall–Kier alpha value is -0.480. The molecule has 0 bridgehead atoms. The molecule has 1 saturated heterocycles. The minimum Gasteiger partial charge on any atom is -0.359 e. The Morgan fingerprint density at radius 3 is 2.50 bits per heavy atom. The lowest BCUT2D eigenvalue weighted by Gasteiger charge is -2.12. The van der Waals surface area contributed by atoms with E-state index in [1.54, 1.807) is 0 Å². The molecule has 10 heavy (non-hydrogen) atoms. The molecule has 0 aromatic heterocycles. The SMILES string of the molecule is CC(C)(C)CC#CC1CO1. The van der Waals surface area contributed by atoms with Crippen LogP contribution in [0, 0.1) is 17.3 Å². The highest BCUT2D eigenvalue weighted by atomic mass is 16.6. The van der Waals surface area contributed by atoms with Crippen LogP contribution in [0.5, 0.6) is 0 Å². The topological polar surface area (TPSA) is 12.5 Å². The first-order chi connectivity index (χ1) is 4.58. The van der Waals surface area contributed by atoms with E-state index in [-0.39, 0.29) is 6.10 Å². The summed E-state index contributed by atoms with van der Waals surface area (Å²) in [5, 5.41) is 0. The summed E-state index contributed by atoms with van der Waals surface area (Å²) in [7, 11) is 0. The molecule has 0 aliphatic carbocycles. The van der Waals surface area contributed by atoms with Gasteiger partial charge in [0.25, 0.3) is 0 Å². The number of rotatable bonds is 0. The average Bonchev–Trinajstić information content (AvgIpc) is 2.45. The van der Waals surface area contributed by atoms with Crippen LogP contribution in [0.15, 0.2) is 0 Å². The van der Waals surface area contributed by atoms with E-state index in [2.05, 4.69) is 32.6 Å². The van der Waals surface area contributed by atoms with E-state index in [4.69, 9.17) is 4.74 Å². The number of ether oxygens (including phenoxy) is 1. The Balaban J connectivity index is 2.21. The van der Waals surface area contributed by atoms with E-state index < -0.39 is 0 Å². The molecule has 56 valence electrons. The van der Waals surface area contributed by atoms with Crippen molar-refractivity contribution in [3.05, 3.63) is 0 Å². The molecule has 0 N–H and O–H groups in total. The van der Waals surface area contributed by atoms with E-state index in [0.29, 0.717) is 5.41 Å². The smallest absolute Gasteiger partial charge is 0.141 e. The summed E-state index contributed by atoms with van der Waals surface area (Å²) in [6, 6.07) is 0. The molecule has 1 unspecified atom stereocenters. The molecule has 1 rings (SSSR count). The Labute approximate surface area is 62.8 Å². The standard InChI is InChI=1S/C9H14O/c1-9(2,3)6-4-5-8-7-10-8/h8H,6-7H2,1-3H3. The van der Waals surface area contributed by atoms with Crippen molar-refractivity contribution in [3.63, 3.8) is 0 Å². The lowest BCUT2D eigenvalue weighted by Crippen LogP contribution is -2.02. The second-order valence-electron chi connectivity index (χ2n) is 3.88. The van der Waals surface area contributed by atoms with Gasteiger partial charge in [0, 0.05) is 6.42 Å². The summed E-state index contributed by atoms with van der Waals surface area (Å²) in [5.74, 6) is 6.15. The monoisotopic (exact) mass is 138 g/mol. The minimum atomic E-state index is 0.266. The molecule has 1 atom stereocenters. The quantitative estimate of drug-likeness (QED) is 0.367. The van der Waals surface area contributed by atoms with E-state index in [0.717, 1.165) is 13.0 Å². The summed E-state index contributed by atoms with van der Waals surface area (Å²) in [4.78, 5) is 0. The van der Waals surface area contributed by atoms with Crippen LogP contribution in [0.25, 0.3) is 0 Å². The molecule has 1 aliphatic rings. The molecular formula is C9H14O. The van der Waals surface area contributed by atoms with E-state index in [1.807, 2.05) is 0 Å². The van der Waals surface area contributed by atoms with E-state index in [9.17, 15) is 0 Å². The highest BCUT2D eigenvalue weighted by Gasteiger charge is 2.18. The predicted octanol–water partition coefficient (Wildman–Crippen LogP) is 1.82. The van der Waals surface area contributed by atoms with Gasteiger partial charge in [-0.25, -0.2) is 0 Å². The van der Waals surface area contributed by atoms with Gasteiger partial charge < -0.3 is 4.74 Å². The van der Waals surface area contributed by atoms with Crippen molar-refractivity contribution in [2.45, 2.75) is 33.3 Å². The summed E-state index contributed by atoms with van der Waals surface area (Å²) in [5.41, 5.74) is 0.335. The molecule has 1 aliphatic heterocycles. The average molecular weight is 138 g/mol. The third kappa shape index (κ3) is 3.53. The van der Waals surface area contributed by atoms with Crippen LogP contribution in [-0.2, 0) is 4.74 Å². The molecule has 0 spiro atoms. The fourth-order valence-corrected chi connectivity index (χ4v) is 0.561. The highest BCUT2D eigenvalue weighted by Crippen LogP contribution is 2.17. The molecular weight excluding hydrogens is 124 g/mol. The second-order valence-corrected chi connectivity index (χ2v) is 3.88. The highest BCUT2D eigenvalue weighted by molar-refractivity contribution is 5.10. The molecule has 0 radical (unpaired) electrons. The maximum absolute atomic E-state index is 4.95. The molecule has 1 heteroatoms. The third-order valence-corrected chi connectivity index (χ3v) is 1.22. The van der Waals surface area contributed by atoms with Crippen molar-refractivity contribution in [2.75, 3.05) is 6.61 Å². The van der Waals surface area contributed by atoms with Crippen molar-refractivity contribution in [1.29, 1.82) is 0 Å². The Kier molecular flexibility index (Phi) is 2.01. The molecule has 0 aromatic carbocycles. The van der Waals surface area contributed by atoms with Gasteiger partial charge >= 0.3 is 0 Å². The molecule has 1 nitrogen and oxygen atoms in total. The normalized spacial score (nSPS) is 23.3. The van der Waals surface area contributed by atoms with Gasteiger partial charge in [0.05, 0.1) is 6.61 Å². The fraction of sp³-hybridized carbons (Fsp3) is 0.778. The second kappa shape index (κ2) is 2.64. The molecule has 0 amide bonds. The van der Waals surface area contributed by atoms with Crippen molar-refractivity contribution in [3.8, 4) is 11.8 Å². The van der Waals surface area contributed by atoms with Gasteiger partial charge in [-0.2, -0.15) is 0 Å².